The molecule has 4 aromatic rings. The molecule has 0 radical (unpaired) electrons. The second kappa shape index (κ2) is 9.53. The van der Waals surface area contributed by atoms with Gasteiger partial charge in [0.1, 0.15) is 0 Å². The van der Waals surface area contributed by atoms with Crippen molar-refractivity contribution in [3.8, 4) is 5.69 Å². The van der Waals surface area contributed by atoms with Gasteiger partial charge in [-0.2, -0.15) is 5.10 Å². The SMILES string of the molecule is Cc1cccc(NC(=O)c2ccccc2NC(=O)Cc2c(C)nn(-c3ccccc3)c2C)c1. The highest BCUT2D eigenvalue weighted by molar-refractivity contribution is 6.10. The molecule has 4 rings (SSSR count). The first kappa shape index (κ1) is 22.0. The summed E-state index contributed by atoms with van der Waals surface area (Å²) in [6.45, 7) is 5.82. The number of aromatic nitrogens is 2. The molecule has 2 N–H and O–H groups in total. The van der Waals surface area contributed by atoms with Gasteiger partial charge in [0.15, 0.2) is 0 Å². The van der Waals surface area contributed by atoms with Crippen LogP contribution in [0.4, 0.5) is 11.4 Å². The van der Waals surface area contributed by atoms with E-state index in [0.717, 1.165) is 28.2 Å². The Labute approximate surface area is 193 Å². The van der Waals surface area contributed by atoms with Crippen LogP contribution < -0.4 is 10.6 Å². The fourth-order valence-electron chi connectivity index (χ4n) is 3.82. The van der Waals surface area contributed by atoms with E-state index in [-0.39, 0.29) is 18.2 Å². The number of rotatable bonds is 6. The van der Waals surface area contributed by atoms with Crippen LogP contribution in [0.5, 0.6) is 0 Å². The maximum atomic E-state index is 12.9. The number of carbonyl (C=O) groups is 2. The van der Waals surface area contributed by atoms with E-state index in [1.807, 2.05) is 80.1 Å². The molecule has 1 aromatic heterocycles. The molecule has 0 saturated heterocycles. The van der Waals surface area contributed by atoms with Gasteiger partial charge in [0, 0.05) is 16.9 Å². The lowest BCUT2D eigenvalue weighted by molar-refractivity contribution is -0.115. The summed E-state index contributed by atoms with van der Waals surface area (Å²) in [6, 6.07) is 24.4. The molecular formula is C27H26N4O2. The van der Waals surface area contributed by atoms with Crippen LogP contribution in [0.2, 0.25) is 0 Å². The monoisotopic (exact) mass is 438 g/mol. The number of hydrogen-bond donors (Lipinski definition) is 2. The molecule has 0 saturated carbocycles. The van der Waals surface area contributed by atoms with E-state index >= 15 is 0 Å². The van der Waals surface area contributed by atoms with Crippen molar-refractivity contribution in [3.63, 3.8) is 0 Å². The van der Waals surface area contributed by atoms with Crippen LogP contribution in [-0.2, 0) is 11.2 Å². The van der Waals surface area contributed by atoms with Gasteiger partial charge in [0.25, 0.3) is 5.91 Å². The molecule has 33 heavy (non-hydrogen) atoms. The second-order valence-electron chi connectivity index (χ2n) is 7.99. The lowest BCUT2D eigenvalue weighted by Crippen LogP contribution is -2.20. The zero-order chi connectivity index (χ0) is 23.4. The van der Waals surface area contributed by atoms with Crippen molar-refractivity contribution in [3.05, 3.63) is 107 Å². The summed E-state index contributed by atoms with van der Waals surface area (Å²) in [6.07, 6.45) is 0.165. The summed E-state index contributed by atoms with van der Waals surface area (Å²) in [5.41, 5.74) is 6.17. The van der Waals surface area contributed by atoms with Gasteiger partial charge in [-0.05, 0) is 62.7 Å². The van der Waals surface area contributed by atoms with Gasteiger partial charge < -0.3 is 10.6 Å². The summed E-state index contributed by atoms with van der Waals surface area (Å²) >= 11 is 0. The molecule has 0 aliphatic carbocycles. The molecule has 0 spiro atoms. The molecule has 1 heterocycles. The van der Waals surface area contributed by atoms with Gasteiger partial charge in [0.05, 0.1) is 29.1 Å². The molecular weight excluding hydrogens is 412 g/mol. The normalized spacial score (nSPS) is 10.6. The van der Waals surface area contributed by atoms with Crippen molar-refractivity contribution in [2.24, 2.45) is 0 Å². The first-order valence-electron chi connectivity index (χ1n) is 10.8. The molecule has 0 fully saturated rings. The molecule has 166 valence electrons. The number of carbonyl (C=O) groups excluding carboxylic acids is 2. The van der Waals surface area contributed by atoms with Crippen LogP contribution in [0.25, 0.3) is 5.69 Å². The quantitative estimate of drug-likeness (QED) is 0.433. The van der Waals surface area contributed by atoms with Crippen LogP contribution in [0.1, 0.15) is 32.9 Å². The molecule has 6 nitrogen and oxygen atoms in total. The molecule has 0 aliphatic heterocycles. The van der Waals surface area contributed by atoms with Crippen LogP contribution in [0.3, 0.4) is 0 Å². The number of amides is 2. The van der Waals surface area contributed by atoms with Gasteiger partial charge in [-0.25, -0.2) is 4.68 Å². The summed E-state index contributed by atoms with van der Waals surface area (Å²) in [5.74, 6) is -0.481. The third-order valence-electron chi connectivity index (χ3n) is 5.50. The summed E-state index contributed by atoms with van der Waals surface area (Å²) in [7, 11) is 0. The van der Waals surface area contributed by atoms with Crippen molar-refractivity contribution in [1.82, 2.24) is 9.78 Å². The van der Waals surface area contributed by atoms with E-state index in [4.69, 9.17) is 0 Å². The maximum absolute atomic E-state index is 12.9. The highest BCUT2D eigenvalue weighted by atomic mass is 16.2. The van der Waals surface area contributed by atoms with E-state index in [1.165, 1.54) is 0 Å². The zero-order valence-corrected chi connectivity index (χ0v) is 18.9. The summed E-state index contributed by atoms with van der Waals surface area (Å²) < 4.78 is 1.85. The fourth-order valence-corrected chi connectivity index (χ4v) is 3.82. The molecule has 0 atom stereocenters. The number of nitrogens with zero attached hydrogens (tertiary/aromatic N) is 2. The lowest BCUT2D eigenvalue weighted by atomic mass is 10.1. The average Bonchev–Trinajstić information content (AvgIpc) is 3.08. The van der Waals surface area contributed by atoms with E-state index in [9.17, 15) is 9.59 Å². The minimum Gasteiger partial charge on any atom is -0.325 e. The van der Waals surface area contributed by atoms with Gasteiger partial charge in [-0.15, -0.1) is 0 Å². The predicted octanol–water partition coefficient (Wildman–Crippen LogP) is 5.23. The van der Waals surface area contributed by atoms with Crippen LogP contribution in [0.15, 0.2) is 78.9 Å². The van der Waals surface area contributed by atoms with E-state index in [2.05, 4.69) is 15.7 Å². The molecule has 0 bridgehead atoms. The Morgan fingerprint density at radius 3 is 2.33 bits per heavy atom. The van der Waals surface area contributed by atoms with E-state index in [1.54, 1.807) is 24.3 Å². The number of hydrogen-bond acceptors (Lipinski definition) is 3. The first-order chi connectivity index (χ1) is 15.9. The van der Waals surface area contributed by atoms with Crippen molar-refractivity contribution in [2.75, 3.05) is 10.6 Å². The van der Waals surface area contributed by atoms with Crippen molar-refractivity contribution in [1.29, 1.82) is 0 Å². The van der Waals surface area contributed by atoms with E-state index < -0.39 is 0 Å². The Morgan fingerprint density at radius 1 is 0.848 bits per heavy atom. The molecule has 6 heteroatoms. The van der Waals surface area contributed by atoms with Gasteiger partial charge in [-0.3, -0.25) is 9.59 Å². The minimum atomic E-state index is -0.277. The summed E-state index contributed by atoms with van der Waals surface area (Å²) in [4.78, 5) is 25.8. The minimum absolute atomic E-state index is 0.165. The molecule has 3 aromatic carbocycles. The average molecular weight is 439 g/mol. The largest absolute Gasteiger partial charge is 0.325 e. The number of nitrogens with one attached hydrogen (secondary N) is 2. The Morgan fingerprint density at radius 2 is 1.58 bits per heavy atom. The fraction of sp³-hybridized carbons (Fsp3) is 0.148. The Kier molecular flexibility index (Phi) is 6.36. The van der Waals surface area contributed by atoms with Gasteiger partial charge >= 0.3 is 0 Å². The predicted molar refractivity (Wildman–Crippen MR) is 131 cm³/mol. The highest BCUT2D eigenvalue weighted by Crippen LogP contribution is 2.21. The van der Waals surface area contributed by atoms with Crippen molar-refractivity contribution < 1.29 is 9.59 Å². The summed E-state index contributed by atoms with van der Waals surface area (Å²) in [5, 5.41) is 10.4. The first-order valence-corrected chi connectivity index (χ1v) is 10.8. The zero-order valence-electron chi connectivity index (χ0n) is 18.9. The smallest absolute Gasteiger partial charge is 0.257 e. The Hall–Kier alpha value is -4.19. The Bertz CT molecular complexity index is 1310. The molecule has 0 aliphatic rings. The van der Waals surface area contributed by atoms with Crippen LogP contribution in [0, 0.1) is 20.8 Å². The van der Waals surface area contributed by atoms with Crippen LogP contribution >= 0.6 is 0 Å². The number of para-hydroxylation sites is 2. The van der Waals surface area contributed by atoms with Crippen LogP contribution in [-0.4, -0.2) is 21.6 Å². The topological polar surface area (TPSA) is 76.0 Å². The van der Waals surface area contributed by atoms with E-state index in [0.29, 0.717) is 16.9 Å². The Balaban J connectivity index is 1.51. The highest BCUT2D eigenvalue weighted by Gasteiger charge is 2.18. The maximum Gasteiger partial charge on any atom is 0.257 e. The second-order valence-corrected chi connectivity index (χ2v) is 7.99. The molecule has 0 unspecified atom stereocenters. The molecule has 2 amide bonds. The van der Waals surface area contributed by atoms with Crippen molar-refractivity contribution in [2.45, 2.75) is 27.2 Å². The standard InChI is InChI=1S/C27H26N4O2/c1-18-10-9-11-21(16-18)28-27(33)23-14-7-8-15-25(23)29-26(32)17-24-19(2)30-31(20(24)3)22-12-5-4-6-13-22/h4-16H,17H2,1-3H3,(H,28,33)(H,29,32). The number of anilines is 2. The number of benzene rings is 3. The van der Waals surface area contributed by atoms with Crippen molar-refractivity contribution >= 4 is 23.2 Å². The third kappa shape index (κ3) is 5.01. The number of aryl methyl sites for hydroxylation is 2. The third-order valence-corrected chi connectivity index (χ3v) is 5.50. The van der Waals surface area contributed by atoms with Gasteiger partial charge in [0.2, 0.25) is 5.91 Å². The van der Waals surface area contributed by atoms with Gasteiger partial charge in [-0.1, -0.05) is 42.5 Å². The lowest BCUT2D eigenvalue weighted by Gasteiger charge is -2.12.